The van der Waals surface area contributed by atoms with Gasteiger partial charge in [-0.05, 0) is 49.8 Å². The lowest BCUT2D eigenvalue weighted by molar-refractivity contribution is -0.122. The normalized spacial score (nSPS) is 20.4. The number of anilines is 1. The fourth-order valence-corrected chi connectivity index (χ4v) is 3.15. The summed E-state index contributed by atoms with van der Waals surface area (Å²) < 4.78 is 0. The van der Waals surface area contributed by atoms with E-state index in [9.17, 15) is 4.79 Å². The van der Waals surface area contributed by atoms with Gasteiger partial charge in [0.25, 0.3) is 0 Å². The van der Waals surface area contributed by atoms with E-state index in [0.29, 0.717) is 12.5 Å². The summed E-state index contributed by atoms with van der Waals surface area (Å²) in [5.41, 5.74) is 7.65. The highest BCUT2D eigenvalue weighted by Gasteiger charge is 2.31. The van der Waals surface area contributed by atoms with Gasteiger partial charge >= 0.3 is 0 Å². The van der Waals surface area contributed by atoms with Crippen LogP contribution >= 0.6 is 0 Å². The van der Waals surface area contributed by atoms with Crippen LogP contribution in [0.5, 0.6) is 0 Å². The number of carbonyl (C=O) groups is 1. The van der Waals surface area contributed by atoms with Crippen molar-refractivity contribution in [2.45, 2.75) is 50.6 Å². The molecule has 2 fully saturated rings. The number of carbonyl (C=O) groups excluding carboxylic acids is 1. The number of likely N-dealkylation sites (tertiary alicyclic amines) is 1. The standard InChI is InChI=1S/C17H25N3O/c18-14-3-1-2-13(12-14)4-7-17(21)19-15-8-10-20(11-9-15)16-5-6-16/h1-3,12,15-16H,4-11,18H2,(H,19,21). The second kappa shape index (κ2) is 6.48. The maximum Gasteiger partial charge on any atom is 0.220 e. The molecule has 1 aromatic carbocycles. The number of nitrogens with two attached hydrogens (primary N) is 1. The van der Waals surface area contributed by atoms with Crippen LogP contribution in [0.15, 0.2) is 24.3 Å². The van der Waals surface area contributed by atoms with E-state index in [2.05, 4.69) is 10.2 Å². The zero-order chi connectivity index (χ0) is 14.7. The van der Waals surface area contributed by atoms with Gasteiger partial charge in [-0.1, -0.05) is 12.1 Å². The number of piperidine rings is 1. The third kappa shape index (κ3) is 4.21. The molecule has 1 saturated carbocycles. The Kier molecular flexibility index (Phi) is 4.44. The zero-order valence-electron chi connectivity index (χ0n) is 12.6. The molecule has 0 unspecified atom stereocenters. The fraction of sp³-hybridized carbons (Fsp3) is 0.588. The Morgan fingerprint density at radius 1 is 1.24 bits per heavy atom. The summed E-state index contributed by atoms with van der Waals surface area (Å²) in [5.74, 6) is 0.169. The van der Waals surface area contributed by atoms with Crippen LogP contribution in [0.4, 0.5) is 5.69 Å². The minimum absolute atomic E-state index is 0.169. The molecule has 3 rings (SSSR count). The molecular weight excluding hydrogens is 262 g/mol. The molecule has 0 bridgehead atoms. The Bertz CT molecular complexity index is 491. The smallest absolute Gasteiger partial charge is 0.220 e. The SMILES string of the molecule is Nc1cccc(CCC(=O)NC2CCN(C3CC3)CC2)c1. The lowest BCUT2D eigenvalue weighted by Crippen LogP contribution is -2.45. The molecule has 0 atom stereocenters. The fourth-order valence-electron chi connectivity index (χ4n) is 3.15. The Morgan fingerprint density at radius 2 is 2.00 bits per heavy atom. The van der Waals surface area contributed by atoms with Gasteiger partial charge in [-0.15, -0.1) is 0 Å². The minimum Gasteiger partial charge on any atom is -0.399 e. The van der Waals surface area contributed by atoms with Crippen molar-refractivity contribution in [2.24, 2.45) is 0 Å². The Labute approximate surface area is 126 Å². The molecule has 21 heavy (non-hydrogen) atoms. The first-order valence-corrected chi connectivity index (χ1v) is 8.08. The average Bonchev–Trinajstić information content (AvgIpc) is 3.31. The summed E-state index contributed by atoms with van der Waals surface area (Å²) in [4.78, 5) is 14.6. The summed E-state index contributed by atoms with van der Waals surface area (Å²) in [6, 6.07) is 9.01. The summed E-state index contributed by atoms with van der Waals surface area (Å²) in [7, 11) is 0. The molecule has 1 aromatic rings. The number of hydrogen-bond acceptors (Lipinski definition) is 3. The lowest BCUT2D eigenvalue weighted by Gasteiger charge is -2.32. The molecule has 1 amide bonds. The number of hydrogen-bond donors (Lipinski definition) is 2. The first-order valence-electron chi connectivity index (χ1n) is 8.08. The van der Waals surface area contributed by atoms with E-state index < -0.39 is 0 Å². The molecule has 1 heterocycles. The van der Waals surface area contributed by atoms with Crippen molar-refractivity contribution in [3.8, 4) is 0 Å². The van der Waals surface area contributed by atoms with Crippen LogP contribution in [-0.4, -0.2) is 36.0 Å². The van der Waals surface area contributed by atoms with Crippen molar-refractivity contribution in [3.05, 3.63) is 29.8 Å². The van der Waals surface area contributed by atoms with Gasteiger partial charge in [-0.3, -0.25) is 4.79 Å². The van der Waals surface area contributed by atoms with Gasteiger partial charge in [0.2, 0.25) is 5.91 Å². The second-order valence-corrected chi connectivity index (χ2v) is 6.35. The summed E-state index contributed by atoms with van der Waals surface area (Å²) in [6.07, 6.45) is 6.25. The van der Waals surface area contributed by atoms with Crippen molar-refractivity contribution in [1.29, 1.82) is 0 Å². The van der Waals surface area contributed by atoms with Crippen LogP contribution in [0, 0.1) is 0 Å². The number of nitrogens with zero attached hydrogens (tertiary/aromatic N) is 1. The molecule has 2 aliphatic rings. The summed E-state index contributed by atoms with van der Waals surface area (Å²) in [6.45, 7) is 2.29. The van der Waals surface area contributed by atoms with Gasteiger partial charge < -0.3 is 16.0 Å². The Hall–Kier alpha value is -1.55. The highest BCUT2D eigenvalue weighted by Crippen LogP contribution is 2.29. The van der Waals surface area contributed by atoms with Gasteiger partial charge in [0.15, 0.2) is 0 Å². The molecule has 1 aliphatic heterocycles. The molecule has 0 spiro atoms. The molecule has 0 aromatic heterocycles. The van der Waals surface area contributed by atoms with E-state index >= 15 is 0 Å². The number of amides is 1. The predicted molar refractivity (Wildman–Crippen MR) is 84.9 cm³/mol. The van der Waals surface area contributed by atoms with Gasteiger partial charge in [-0.2, -0.15) is 0 Å². The topological polar surface area (TPSA) is 58.4 Å². The van der Waals surface area contributed by atoms with E-state index in [4.69, 9.17) is 5.73 Å². The zero-order valence-corrected chi connectivity index (χ0v) is 12.6. The monoisotopic (exact) mass is 287 g/mol. The highest BCUT2D eigenvalue weighted by molar-refractivity contribution is 5.76. The van der Waals surface area contributed by atoms with Crippen LogP contribution in [-0.2, 0) is 11.2 Å². The molecule has 0 radical (unpaired) electrons. The summed E-state index contributed by atoms with van der Waals surface area (Å²) >= 11 is 0. The molecule has 3 N–H and O–H groups in total. The van der Waals surface area contributed by atoms with E-state index in [1.54, 1.807) is 0 Å². The Morgan fingerprint density at radius 3 is 2.67 bits per heavy atom. The predicted octanol–water partition coefficient (Wildman–Crippen LogP) is 1.94. The maximum absolute atomic E-state index is 12.0. The van der Waals surface area contributed by atoms with Crippen LogP contribution < -0.4 is 11.1 Å². The molecular formula is C17H25N3O. The van der Waals surface area contributed by atoms with Crippen LogP contribution in [0.25, 0.3) is 0 Å². The largest absolute Gasteiger partial charge is 0.399 e. The number of aryl methyl sites for hydroxylation is 1. The van der Waals surface area contributed by atoms with Crippen LogP contribution in [0.1, 0.15) is 37.7 Å². The van der Waals surface area contributed by atoms with Crippen molar-refractivity contribution in [3.63, 3.8) is 0 Å². The van der Waals surface area contributed by atoms with Crippen molar-refractivity contribution in [2.75, 3.05) is 18.8 Å². The highest BCUT2D eigenvalue weighted by atomic mass is 16.1. The third-order valence-electron chi connectivity index (χ3n) is 4.55. The van der Waals surface area contributed by atoms with E-state index in [1.165, 1.54) is 12.8 Å². The Balaban J connectivity index is 1.38. The molecule has 114 valence electrons. The van der Waals surface area contributed by atoms with Crippen LogP contribution in [0.3, 0.4) is 0 Å². The summed E-state index contributed by atoms with van der Waals surface area (Å²) in [5, 5.41) is 3.19. The number of nitrogen functional groups attached to an aromatic ring is 1. The first-order chi connectivity index (χ1) is 10.2. The first kappa shape index (κ1) is 14.4. The van der Waals surface area contributed by atoms with E-state index in [1.807, 2.05) is 24.3 Å². The average molecular weight is 287 g/mol. The third-order valence-corrected chi connectivity index (χ3v) is 4.55. The van der Waals surface area contributed by atoms with E-state index in [-0.39, 0.29) is 5.91 Å². The quantitative estimate of drug-likeness (QED) is 0.814. The number of nitrogens with one attached hydrogen (secondary N) is 1. The molecule has 4 nitrogen and oxygen atoms in total. The van der Waals surface area contributed by atoms with Gasteiger partial charge in [-0.25, -0.2) is 0 Å². The van der Waals surface area contributed by atoms with E-state index in [0.717, 1.165) is 49.6 Å². The molecule has 1 saturated heterocycles. The van der Waals surface area contributed by atoms with Crippen molar-refractivity contribution < 1.29 is 4.79 Å². The van der Waals surface area contributed by atoms with Gasteiger partial charge in [0, 0.05) is 37.3 Å². The van der Waals surface area contributed by atoms with Crippen molar-refractivity contribution >= 4 is 11.6 Å². The minimum atomic E-state index is 0.169. The molecule has 4 heteroatoms. The lowest BCUT2D eigenvalue weighted by atomic mass is 10.0. The van der Waals surface area contributed by atoms with Crippen molar-refractivity contribution in [1.82, 2.24) is 10.2 Å². The second-order valence-electron chi connectivity index (χ2n) is 6.35. The number of rotatable bonds is 5. The van der Waals surface area contributed by atoms with Gasteiger partial charge in [0.05, 0.1) is 0 Å². The van der Waals surface area contributed by atoms with Crippen LogP contribution in [0.2, 0.25) is 0 Å². The van der Waals surface area contributed by atoms with Gasteiger partial charge in [0.1, 0.15) is 0 Å². The molecule has 1 aliphatic carbocycles. The number of benzene rings is 1. The maximum atomic E-state index is 12.0.